The van der Waals surface area contributed by atoms with Crippen molar-refractivity contribution in [2.24, 2.45) is 18.7 Å². The highest BCUT2D eigenvalue weighted by molar-refractivity contribution is 5.88. The Kier molecular flexibility index (Phi) is 4.31. The Balaban J connectivity index is 1.79. The minimum absolute atomic E-state index is 0.629. The third-order valence-electron chi connectivity index (χ3n) is 4.90. The maximum atomic E-state index is 5.77. The number of aryl methyl sites for hydroxylation is 1. The van der Waals surface area contributed by atoms with E-state index >= 15 is 0 Å². The SMILES string of the molecule is Cn1ncc2c(N3CCCC(CCN)C3)nc(-c3ccncc3)nc21. The van der Waals surface area contributed by atoms with Crippen LogP contribution in [0.2, 0.25) is 0 Å². The van der Waals surface area contributed by atoms with E-state index in [-0.39, 0.29) is 0 Å². The van der Waals surface area contributed by atoms with Gasteiger partial charge in [0.25, 0.3) is 0 Å². The molecule has 3 aromatic rings. The van der Waals surface area contributed by atoms with E-state index in [2.05, 4.69) is 15.0 Å². The molecule has 1 saturated heterocycles. The summed E-state index contributed by atoms with van der Waals surface area (Å²) in [5.74, 6) is 2.32. The van der Waals surface area contributed by atoms with Gasteiger partial charge in [0.1, 0.15) is 5.82 Å². The van der Waals surface area contributed by atoms with Crippen LogP contribution in [0.15, 0.2) is 30.7 Å². The van der Waals surface area contributed by atoms with Crippen molar-refractivity contribution in [3.8, 4) is 11.4 Å². The summed E-state index contributed by atoms with van der Waals surface area (Å²) in [5.41, 5.74) is 7.60. The first-order chi connectivity index (χ1) is 12.3. The number of hydrogen-bond donors (Lipinski definition) is 1. The number of pyridine rings is 1. The van der Waals surface area contributed by atoms with Gasteiger partial charge < -0.3 is 10.6 Å². The van der Waals surface area contributed by atoms with Gasteiger partial charge in [-0.15, -0.1) is 0 Å². The van der Waals surface area contributed by atoms with E-state index in [4.69, 9.17) is 15.7 Å². The molecule has 0 saturated carbocycles. The minimum atomic E-state index is 0.629. The van der Waals surface area contributed by atoms with E-state index < -0.39 is 0 Å². The van der Waals surface area contributed by atoms with Gasteiger partial charge in [-0.05, 0) is 43.9 Å². The standard InChI is InChI=1S/C18H23N7/c1-24-17-15(11-21-24)18(25-10-2-3-13(12-25)4-7-19)23-16(22-17)14-5-8-20-9-6-14/h5-6,8-9,11,13H,2-4,7,10,12,19H2,1H3. The fourth-order valence-electron chi connectivity index (χ4n) is 3.61. The van der Waals surface area contributed by atoms with Crippen LogP contribution < -0.4 is 10.6 Å². The van der Waals surface area contributed by atoms with Crippen LogP contribution in [0.5, 0.6) is 0 Å². The monoisotopic (exact) mass is 337 g/mol. The summed E-state index contributed by atoms with van der Waals surface area (Å²) in [6.07, 6.45) is 8.88. The van der Waals surface area contributed by atoms with Gasteiger partial charge in [0, 0.05) is 38.1 Å². The van der Waals surface area contributed by atoms with Crippen molar-refractivity contribution in [3.63, 3.8) is 0 Å². The van der Waals surface area contributed by atoms with Crippen molar-refractivity contribution in [2.45, 2.75) is 19.3 Å². The fourth-order valence-corrected chi connectivity index (χ4v) is 3.61. The molecular weight excluding hydrogens is 314 g/mol. The molecule has 0 aromatic carbocycles. The lowest BCUT2D eigenvalue weighted by atomic mass is 9.95. The Morgan fingerprint density at radius 2 is 2.08 bits per heavy atom. The molecule has 7 heteroatoms. The van der Waals surface area contributed by atoms with Gasteiger partial charge in [-0.3, -0.25) is 9.67 Å². The van der Waals surface area contributed by atoms with Crippen molar-refractivity contribution in [2.75, 3.05) is 24.5 Å². The van der Waals surface area contributed by atoms with Gasteiger partial charge in [0.2, 0.25) is 0 Å². The number of piperidine rings is 1. The molecule has 0 bridgehead atoms. The third-order valence-corrected chi connectivity index (χ3v) is 4.90. The Morgan fingerprint density at radius 1 is 1.24 bits per heavy atom. The molecule has 1 fully saturated rings. The summed E-state index contributed by atoms with van der Waals surface area (Å²) in [4.78, 5) is 16.1. The van der Waals surface area contributed by atoms with Crippen molar-refractivity contribution in [1.29, 1.82) is 0 Å². The van der Waals surface area contributed by atoms with Crippen molar-refractivity contribution < 1.29 is 0 Å². The highest BCUT2D eigenvalue weighted by Crippen LogP contribution is 2.30. The molecular formula is C18H23N7. The van der Waals surface area contributed by atoms with Crippen LogP contribution in [-0.2, 0) is 7.05 Å². The number of fused-ring (bicyclic) bond motifs is 1. The molecule has 0 spiro atoms. The van der Waals surface area contributed by atoms with E-state index in [9.17, 15) is 0 Å². The van der Waals surface area contributed by atoms with E-state index in [0.29, 0.717) is 5.92 Å². The van der Waals surface area contributed by atoms with Crippen molar-refractivity contribution in [1.82, 2.24) is 24.7 Å². The van der Waals surface area contributed by atoms with E-state index in [0.717, 1.165) is 54.3 Å². The van der Waals surface area contributed by atoms with Gasteiger partial charge in [-0.2, -0.15) is 5.10 Å². The minimum Gasteiger partial charge on any atom is -0.356 e. The van der Waals surface area contributed by atoms with E-state index in [1.807, 2.05) is 30.1 Å². The molecule has 1 aliphatic rings. The average molecular weight is 337 g/mol. The molecule has 3 aromatic heterocycles. The molecule has 0 radical (unpaired) electrons. The first-order valence-corrected chi connectivity index (χ1v) is 8.81. The quantitative estimate of drug-likeness (QED) is 0.783. The molecule has 4 heterocycles. The number of anilines is 1. The molecule has 4 rings (SSSR count). The first kappa shape index (κ1) is 16.0. The summed E-state index contributed by atoms with van der Waals surface area (Å²) in [5, 5.41) is 5.40. The Morgan fingerprint density at radius 3 is 2.88 bits per heavy atom. The van der Waals surface area contributed by atoms with Crippen LogP contribution in [0.4, 0.5) is 5.82 Å². The van der Waals surface area contributed by atoms with Crippen LogP contribution >= 0.6 is 0 Å². The average Bonchev–Trinajstić information content (AvgIpc) is 3.03. The van der Waals surface area contributed by atoms with Crippen molar-refractivity contribution >= 4 is 16.9 Å². The predicted molar refractivity (Wildman–Crippen MR) is 98.1 cm³/mol. The summed E-state index contributed by atoms with van der Waals surface area (Å²) < 4.78 is 1.81. The lowest BCUT2D eigenvalue weighted by Crippen LogP contribution is -2.37. The molecule has 25 heavy (non-hydrogen) atoms. The number of nitrogens with zero attached hydrogens (tertiary/aromatic N) is 6. The second-order valence-corrected chi connectivity index (χ2v) is 6.64. The lowest BCUT2D eigenvalue weighted by molar-refractivity contribution is 0.395. The lowest BCUT2D eigenvalue weighted by Gasteiger charge is -2.33. The van der Waals surface area contributed by atoms with E-state index in [1.54, 1.807) is 12.4 Å². The number of rotatable bonds is 4. The molecule has 0 amide bonds. The Bertz CT molecular complexity index is 856. The van der Waals surface area contributed by atoms with Crippen LogP contribution in [0.25, 0.3) is 22.4 Å². The number of hydrogen-bond acceptors (Lipinski definition) is 6. The summed E-state index contributed by atoms with van der Waals surface area (Å²) in [6, 6.07) is 3.88. The topological polar surface area (TPSA) is 85.8 Å². The second kappa shape index (κ2) is 6.76. The molecule has 1 atom stereocenters. The van der Waals surface area contributed by atoms with Crippen LogP contribution in [-0.4, -0.2) is 44.4 Å². The zero-order valence-electron chi connectivity index (χ0n) is 14.5. The highest BCUT2D eigenvalue weighted by atomic mass is 15.3. The predicted octanol–water partition coefficient (Wildman–Crippen LogP) is 1.99. The molecule has 2 N–H and O–H groups in total. The molecule has 7 nitrogen and oxygen atoms in total. The van der Waals surface area contributed by atoms with Gasteiger partial charge in [-0.1, -0.05) is 0 Å². The largest absolute Gasteiger partial charge is 0.356 e. The van der Waals surface area contributed by atoms with Gasteiger partial charge in [0.05, 0.1) is 11.6 Å². The van der Waals surface area contributed by atoms with Gasteiger partial charge in [-0.25, -0.2) is 9.97 Å². The normalized spacial score (nSPS) is 18.0. The fraction of sp³-hybridized carbons (Fsp3) is 0.444. The number of nitrogens with two attached hydrogens (primary N) is 1. The first-order valence-electron chi connectivity index (χ1n) is 8.81. The second-order valence-electron chi connectivity index (χ2n) is 6.64. The molecule has 1 aliphatic heterocycles. The maximum absolute atomic E-state index is 5.77. The van der Waals surface area contributed by atoms with Gasteiger partial charge >= 0.3 is 0 Å². The van der Waals surface area contributed by atoms with Gasteiger partial charge in [0.15, 0.2) is 11.5 Å². The van der Waals surface area contributed by atoms with Crippen LogP contribution in [0.3, 0.4) is 0 Å². The van der Waals surface area contributed by atoms with Crippen LogP contribution in [0, 0.1) is 5.92 Å². The summed E-state index contributed by atoms with van der Waals surface area (Å²) in [7, 11) is 1.92. The highest BCUT2D eigenvalue weighted by Gasteiger charge is 2.24. The molecule has 1 unspecified atom stereocenters. The van der Waals surface area contributed by atoms with E-state index in [1.165, 1.54) is 12.8 Å². The van der Waals surface area contributed by atoms with Crippen LogP contribution in [0.1, 0.15) is 19.3 Å². The molecule has 130 valence electrons. The summed E-state index contributed by atoms with van der Waals surface area (Å²) in [6.45, 7) is 2.75. The Hall–Kier alpha value is -2.54. The van der Waals surface area contributed by atoms with Crippen molar-refractivity contribution in [3.05, 3.63) is 30.7 Å². The zero-order chi connectivity index (χ0) is 17.2. The molecule has 0 aliphatic carbocycles. The smallest absolute Gasteiger partial charge is 0.164 e. The third kappa shape index (κ3) is 3.07. The number of aromatic nitrogens is 5. The Labute approximate surface area is 146 Å². The zero-order valence-corrected chi connectivity index (χ0v) is 14.5. The summed E-state index contributed by atoms with van der Waals surface area (Å²) >= 11 is 0. The maximum Gasteiger partial charge on any atom is 0.164 e.